The minimum Gasteiger partial charge on any atom is -0.322 e. The van der Waals surface area contributed by atoms with Crippen LogP contribution in [0, 0.1) is 35.9 Å². The molecule has 2 aromatic heterocycles. The Hall–Kier alpha value is -2.79. The minimum atomic E-state index is -0.409. The summed E-state index contributed by atoms with van der Waals surface area (Å²) in [4.78, 5) is 26.8. The van der Waals surface area contributed by atoms with Crippen LogP contribution in [0.25, 0.3) is 0 Å². The summed E-state index contributed by atoms with van der Waals surface area (Å²) in [6.45, 7) is 3.03. The van der Waals surface area contributed by atoms with Gasteiger partial charge in [0.05, 0.1) is 30.9 Å². The molecule has 7 nitrogen and oxygen atoms in total. The van der Waals surface area contributed by atoms with Crippen molar-refractivity contribution in [3.63, 3.8) is 0 Å². The van der Waals surface area contributed by atoms with Crippen LogP contribution in [0.1, 0.15) is 55.1 Å². The highest BCUT2D eigenvalue weighted by atomic mass is 19.1. The van der Waals surface area contributed by atoms with E-state index >= 15 is 0 Å². The van der Waals surface area contributed by atoms with E-state index in [-0.39, 0.29) is 17.9 Å². The van der Waals surface area contributed by atoms with Gasteiger partial charge in [-0.25, -0.2) is 14.4 Å². The lowest BCUT2D eigenvalue weighted by Gasteiger charge is -2.32. The zero-order chi connectivity index (χ0) is 20.4. The summed E-state index contributed by atoms with van der Waals surface area (Å²) in [5, 5.41) is 10.7. The molecule has 1 atom stereocenters. The molecular formula is C21H24FN5O2. The van der Waals surface area contributed by atoms with Crippen LogP contribution in [0.15, 0.2) is 24.8 Å². The molecule has 0 bridgehead atoms. The number of pyridine rings is 1. The van der Waals surface area contributed by atoms with Gasteiger partial charge in [0.25, 0.3) is 0 Å². The van der Waals surface area contributed by atoms with Gasteiger partial charge in [-0.1, -0.05) is 0 Å². The van der Waals surface area contributed by atoms with Crippen LogP contribution in [0.3, 0.4) is 0 Å². The summed E-state index contributed by atoms with van der Waals surface area (Å²) in [6, 6.07) is 3.35. The third-order valence-corrected chi connectivity index (χ3v) is 6.01. The third-order valence-electron chi connectivity index (χ3n) is 6.01. The molecule has 29 heavy (non-hydrogen) atoms. The maximum atomic E-state index is 13.5. The molecule has 0 radical (unpaired) electrons. The van der Waals surface area contributed by atoms with Crippen molar-refractivity contribution in [2.75, 3.05) is 6.61 Å². The Kier molecular flexibility index (Phi) is 5.58. The van der Waals surface area contributed by atoms with Crippen LogP contribution < -0.4 is 0 Å². The van der Waals surface area contributed by atoms with Crippen LogP contribution in [0.5, 0.6) is 0 Å². The van der Waals surface area contributed by atoms with Crippen molar-refractivity contribution in [1.82, 2.24) is 19.6 Å². The van der Waals surface area contributed by atoms with Crippen molar-refractivity contribution >= 4 is 5.91 Å². The maximum Gasteiger partial charge on any atom is 0.249 e. The molecule has 152 valence electrons. The highest BCUT2D eigenvalue weighted by Crippen LogP contribution is 2.36. The predicted octanol–water partition coefficient (Wildman–Crippen LogP) is 3.31. The normalized spacial score (nSPS) is 24.4. The summed E-state index contributed by atoms with van der Waals surface area (Å²) < 4.78 is 15.5. The first-order valence-corrected chi connectivity index (χ1v) is 10.0. The first-order valence-electron chi connectivity index (χ1n) is 10.0. The molecule has 2 aliphatic rings. The molecule has 4 rings (SSSR count). The molecule has 1 amide bonds. The number of nitriles is 1. The quantitative estimate of drug-likeness (QED) is 0.790. The van der Waals surface area contributed by atoms with E-state index in [1.807, 2.05) is 11.5 Å². The second-order valence-corrected chi connectivity index (χ2v) is 7.90. The monoisotopic (exact) mass is 397 g/mol. The summed E-state index contributed by atoms with van der Waals surface area (Å²) in [5.41, 5.74) is 2.03. The van der Waals surface area contributed by atoms with Gasteiger partial charge in [0.1, 0.15) is 17.6 Å². The van der Waals surface area contributed by atoms with E-state index in [2.05, 4.69) is 16.0 Å². The number of carbonyl (C=O) groups excluding carboxylic acids is 1. The van der Waals surface area contributed by atoms with E-state index in [4.69, 9.17) is 4.84 Å². The molecule has 0 N–H and O–H groups in total. The Morgan fingerprint density at radius 2 is 2.10 bits per heavy atom. The first-order chi connectivity index (χ1) is 14.1. The number of halogens is 1. The van der Waals surface area contributed by atoms with Crippen molar-refractivity contribution in [2.45, 2.75) is 51.6 Å². The number of hydrogen-bond acceptors (Lipinski definition) is 5. The van der Waals surface area contributed by atoms with Gasteiger partial charge in [-0.2, -0.15) is 5.26 Å². The number of rotatable bonds is 4. The molecule has 0 spiro atoms. The molecule has 0 unspecified atom stereocenters. The number of nitrogens with zero attached hydrogens (tertiary/aromatic N) is 5. The Morgan fingerprint density at radius 1 is 1.31 bits per heavy atom. The molecule has 8 heteroatoms. The van der Waals surface area contributed by atoms with Crippen molar-refractivity contribution in [3.05, 3.63) is 47.6 Å². The first kappa shape index (κ1) is 19.5. The van der Waals surface area contributed by atoms with Crippen molar-refractivity contribution in [3.8, 4) is 6.07 Å². The Balaban J connectivity index is 1.37. The lowest BCUT2D eigenvalue weighted by molar-refractivity contribution is -0.183. The summed E-state index contributed by atoms with van der Waals surface area (Å²) in [7, 11) is 0. The number of amides is 1. The highest BCUT2D eigenvalue weighted by molar-refractivity contribution is 5.78. The van der Waals surface area contributed by atoms with Crippen LogP contribution in [0.2, 0.25) is 0 Å². The molecule has 1 aliphatic carbocycles. The fourth-order valence-corrected chi connectivity index (χ4v) is 4.42. The molecular weight excluding hydrogens is 373 g/mol. The highest BCUT2D eigenvalue weighted by Gasteiger charge is 2.37. The van der Waals surface area contributed by atoms with Gasteiger partial charge in [0.2, 0.25) is 5.91 Å². The summed E-state index contributed by atoms with van der Waals surface area (Å²) >= 11 is 0. The Bertz CT molecular complexity index is 929. The van der Waals surface area contributed by atoms with Gasteiger partial charge in [-0.3, -0.25) is 14.6 Å². The lowest BCUT2D eigenvalue weighted by Crippen LogP contribution is -2.37. The number of hydrogen-bond donors (Lipinski definition) is 0. The topological polar surface area (TPSA) is 84.0 Å². The van der Waals surface area contributed by atoms with Gasteiger partial charge in [0, 0.05) is 25.1 Å². The zero-order valence-electron chi connectivity index (χ0n) is 16.4. The van der Waals surface area contributed by atoms with E-state index in [0.29, 0.717) is 30.2 Å². The van der Waals surface area contributed by atoms with Gasteiger partial charge in [0.15, 0.2) is 0 Å². The number of aromatic nitrogens is 3. The van der Waals surface area contributed by atoms with Crippen LogP contribution >= 0.6 is 0 Å². The molecule has 1 saturated carbocycles. The largest absolute Gasteiger partial charge is 0.322 e. The van der Waals surface area contributed by atoms with E-state index in [9.17, 15) is 14.4 Å². The molecule has 2 aromatic rings. The Morgan fingerprint density at radius 3 is 2.83 bits per heavy atom. The average Bonchev–Trinajstić information content (AvgIpc) is 3.35. The van der Waals surface area contributed by atoms with E-state index in [1.165, 1.54) is 11.1 Å². The molecule has 3 heterocycles. The minimum absolute atomic E-state index is 0.0219. The molecule has 0 aromatic carbocycles. The molecule has 1 aliphatic heterocycles. The standard InChI is InChI=1S/C21H24FN5O2/c1-14-20(9-23)26(13-25-14)12-15-2-4-16(5-3-15)21(28)27-19(6-7-29-27)17-8-18(22)11-24-10-17/h8,10-11,13,15-16,19H,2-7,12H2,1H3/t15?,16?,19-/m0/s1. The van der Waals surface area contributed by atoms with Gasteiger partial charge >= 0.3 is 0 Å². The summed E-state index contributed by atoms with van der Waals surface area (Å²) in [5.74, 6) is -0.101. The fourth-order valence-electron chi connectivity index (χ4n) is 4.42. The van der Waals surface area contributed by atoms with Gasteiger partial charge < -0.3 is 4.57 Å². The molecule has 1 saturated heterocycles. The predicted molar refractivity (Wildman–Crippen MR) is 101 cm³/mol. The Labute approximate surface area is 169 Å². The van der Waals surface area contributed by atoms with Crippen molar-refractivity contribution in [2.24, 2.45) is 11.8 Å². The lowest BCUT2D eigenvalue weighted by atomic mass is 9.81. The third kappa shape index (κ3) is 4.01. The fraction of sp³-hybridized carbons (Fsp3) is 0.524. The number of imidazole rings is 1. The average molecular weight is 397 g/mol. The van der Waals surface area contributed by atoms with E-state index in [1.54, 1.807) is 12.5 Å². The smallest absolute Gasteiger partial charge is 0.249 e. The van der Waals surface area contributed by atoms with Gasteiger partial charge in [-0.05, 0) is 50.2 Å². The number of hydroxylamine groups is 2. The second-order valence-electron chi connectivity index (χ2n) is 7.90. The SMILES string of the molecule is Cc1ncn(CC2CCC(C(=O)N3OCC[C@H]3c3cncc(F)c3)CC2)c1C#N. The van der Waals surface area contributed by atoms with Crippen LogP contribution in [-0.2, 0) is 16.2 Å². The molecule has 2 fully saturated rings. The summed E-state index contributed by atoms with van der Waals surface area (Å²) in [6.07, 6.45) is 8.52. The van der Waals surface area contributed by atoms with Crippen LogP contribution in [0.4, 0.5) is 4.39 Å². The van der Waals surface area contributed by atoms with Crippen LogP contribution in [-0.4, -0.2) is 32.1 Å². The number of aryl methyl sites for hydroxylation is 1. The van der Waals surface area contributed by atoms with Crippen molar-refractivity contribution in [1.29, 1.82) is 5.26 Å². The second kappa shape index (κ2) is 8.29. The van der Waals surface area contributed by atoms with Gasteiger partial charge in [-0.15, -0.1) is 0 Å². The van der Waals surface area contributed by atoms with Crippen molar-refractivity contribution < 1.29 is 14.0 Å². The van der Waals surface area contributed by atoms with E-state index in [0.717, 1.165) is 44.1 Å². The zero-order valence-corrected chi connectivity index (χ0v) is 16.4. The maximum absolute atomic E-state index is 13.5. The number of carbonyl (C=O) groups is 1. The van der Waals surface area contributed by atoms with E-state index < -0.39 is 5.82 Å².